The molecule has 1 atom stereocenters. The Hall–Kier alpha value is -1.93. The maximum Gasteiger partial charge on any atom is 0.179 e. The zero-order valence-corrected chi connectivity index (χ0v) is 9.16. The van der Waals surface area contributed by atoms with Crippen LogP contribution in [-0.2, 0) is 6.42 Å². The molecule has 0 fully saturated rings. The number of carbonyl (C=O) groups excluding carboxylic acids is 1. The SMILES string of the molecule is [2H]N[C@@H](Cc1ccccc1)C(=O)c1cc([2H])c([2H])c([2H])c1[2H]. The molecule has 17 heavy (non-hydrogen) atoms. The average molecular weight is 230 g/mol. The fourth-order valence-electron chi connectivity index (χ4n) is 1.54. The molecule has 2 aromatic rings. The van der Waals surface area contributed by atoms with Crippen molar-refractivity contribution in [1.29, 1.82) is 0 Å². The van der Waals surface area contributed by atoms with Crippen molar-refractivity contribution in [3.8, 4) is 0 Å². The summed E-state index contributed by atoms with van der Waals surface area (Å²) in [5, 5.41) is 0. The first-order chi connectivity index (χ1) is 10.5. The van der Waals surface area contributed by atoms with E-state index in [4.69, 9.17) is 6.89 Å². The predicted octanol–water partition coefficient (Wildman–Crippen LogP) is 2.44. The molecule has 2 nitrogen and oxygen atoms in total. The zero-order valence-electron chi connectivity index (χ0n) is 14.2. The van der Waals surface area contributed by atoms with Crippen LogP contribution >= 0.6 is 0 Å². The molecule has 0 aliphatic heterocycles. The van der Waals surface area contributed by atoms with Gasteiger partial charge in [-0.05, 0) is 12.0 Å². The van der Waals surface area contributed by atoms with Gasteiger partial charge in [-0.15, -0.1) is 0 Å². The maximum absolute atomic E-state index is 12.5. The number of hydrogen-bond acceptors (Lipinski definition) is 2. The van der Waals surface area contributed by atoms with E-state index in [9.17, 15) is 4.79 Å². The number of Topliss-reactive ketones (excluding diaryl/α,β-unsaturated/α-hetero) is 1. The van der Waals surface area contributed by atoms with Crippen LogP contribution in [0.4, 0.5) is 0 Å². The molecule has 2 N–H and O–H groups in total. The summed E-state index contributed by atoms with van der Waals surface area (Å²) in [4.78, 5) is 12.5. The van der Waals surface area contributed by atoms with Crippen molar-refractivity contribution in [2.24, 2.45) is 5.73 Å². The molecule has 0 saturated heterocycles. The van der Waals surface area contributed by atoms with Crippen LogP contribution in [0.15, 0.2) is 60.6 Å². The minimum Gasteiger partial charge on any atom is -0.321 e. The molecule has 0 spiro atoms. The monoisotopic (exact) mass is 230 g/mol. The van der Waals surface area contributed by atoms with Crippen LogP contribution < -0.4 is 5.73 Å². The lowest BCUT2D eigenvalue weighted by molar-refractivity contribution is 0.0961. The quantitative estimate of drug-likeness (QED) is 0.802. The van der Waals surface area contributed by atoms with Gasteiger partial charge in [0.15, 0.2) is 5.78 Å². The van der Waals surface area contributed by atoms with Crippen LogP contribution in [0.3, 0.4) is 0 Å². The van der Waals surface area contributed by atoms with Crippen molar-refractivity contribution < 1.29 is 11.7 Å². The number of hydrogen-bond donors (Lipinski definition) is 1. The Labute approximate surface area is 108 Å². The highest BCUT2D eigenvalue weighted by Gasteiger charge is 2.15. The topological polar surface area (TPSA) is 43.1 Å². The lowest BCUT2D eigenvalue weighted by Gasteiger charge is -2.10. The highest BCUT2D eigenvalue weighted by Crippen LogP contribution is 2.07. The van der Waals surface area contributed by atoms with Gasteiger partial charge < -0.3 is 5.73 Å². The molecule has 86 valence electrons. The van der Waals surface area contributed by atoms with Crippen molar-refractivity contribution in [3.05, 3.63) is 71.7 Å². The van der Waals surface area contributed by atoms with Gasteiger partial charge in [0, 0.05) is 5.56 Å². The molecular formula is C15H15NO. The van der Waals surface area contributed by atoms with Gasteiger partial charge >= 0.3 is 0 Å². The van der Waals surface area contributed by atoms with E-state index in [1.807, 2.05) is 30.3 Å². The van der Waals surface area contributed by atoms with Gasteiger partial charge in [-0.1, -0.05) is 60.6 Å². The summed E-state index contributed by atoms with van der Waals surface area (Å²) >= 11 is 0. The third-order valence-corrected chi connectivity index (χ3v) is 2.41. The number of benzene rings is 2. The minimum absolute atomic E-state index is 0.105. The van der Waals surface area contributed by atoms with Gasteiger partial charge in [0.2, 0.25) is 0 Å². The summed E-state index contributed by atoms with van der Waals surface area (Å²) in [6, 6.07) is 7.96. The van der Waals surface area contributed by atoms with Crippen LogP contribution in [0.2, 0.25) is 1.41 Å². The van der Waals surface area contributed by atoms with Gasteiger partial charge in [0.25, 0.3) is 0 Å². The third kappa shape index (κ3) is 3.02. The van der Waals surface area contributed by atoms with Crippen molar-refractivity contribution >= 4 is 5.78 Å². The largest absolute Gasteiger partial charge is 0.321 e. The molecule has 2 rings (SSSR count). The molecular weight excluding hydrogens is 210 g/mol. The molecule has 0 aliphatic carbocycles. The fraction of sp³-hybridized carbons (Fsp3) is 0.133. The van der Waals surface area contributed by atoms with Crippen molar-refractivity contribution in [1.82, 2.24) is 0 Å². The Kier molecular flexibility index (Phi) is 2.14. The molecule has 0 heterocycles. The maximum atomic E-state index is 12.5. The first kappa shape index (κ1) is 6.72. The lowest BCUT2D eigenvalue weighted by Crippen LogP contribution is -2.32. The van der Waals surface area contributed by atoms with Crippen molar-refractivity contribution in [3.63, 3.8) is 0 Å². The second-order valence-corrected chi connectivity index (χ2v) is 3.68. The summed E-state index contributed by atoms with van der Waals surface area (Å²) in [6.45, 7) is 0. The molecule has 0 saturated carbocycles. The molecule has 0 amide bonds. The smallest absolute Gasteiger partial charge is 0.179 e. The van der Waals surface area contributed by atoms with Gasteiger partial charge in [0.1, 0.15) is 1.41 Å². The summed E-state index contributed by atoms with van der Waals surface area (Å²) < 4.78 is 37.9. The number of nitrogens with two attached hydrogens (primary N) is 1. The number of rotatable bonds is 5. The predicted molar refractivity (Wildman–Crippen MR) is 68.9 cm³/mol. The number of ketones is 1. The summed E-state index contributed by atoms with van der Waals surface area (Å²) in [6.07, 6.45) is 0.270. The van der Waals surface area contributed by atoms with Crippen LogP contribution in [0.5, 0.6) is 0 Å². The van der Waals surface area contributed by atoms with Crippen LogP contribution in [-0.4, -0.2) is 11.8 Å². The summed E-state index contributed by atoms with van der Waals surface area (Å²) in [5.41, 5.74) is 2.93. The van der Waals surface area contributed by atoms with E-state index in [-0.39, 0.29) is 30.1 Å². The van der Waals surface area contributed by atoms with E-state index in [0.29, 0.717) is 0 Å². The van der Waals surface area contributed by atoms with Crippen LogP contribution in [0.1, 0.15) is 21.4 Å². The molecule has 0 aliphatic rings. The molecule has 0 unspecified atom stereocenters. The van der Waals surface area contributed by atoms with Gasteiger partial charge in [0.05, 0.1) is 11.5 Å². The minimum atomic E-state index is -0.873. The number of carbonyl (C=O) groups is 1. The van der Waals surface area contributed by atoms with Crippen molar-refractivity contribution in [2.75, 3.05) is 0 Å². The lowest BCUT2D eigenvalue weighted by atomic mass is 9.98. The van der Waals surface area contributed by atoms with Gasteiger partial charge in [-0.25, -0.2) is 0 Å². The second kappa shape index (κ2) is 5.41. The fourth-order valence-corrected chi connectivity index (χ4v) is 1.54. The van der Waals surface area contributed by atoms with E-state index in [1.165, 1.54) is 0 Å². The molecule has 2 aromatic carbocycles. The average Bonchev–Trinajstić information content (AvgIpc) is 2.54. The van der Waals surface area contributed by atoms with E-state index in [0.717, 1.165) is 11.6 Å². The highest BCUT2D eigenvalue weighted by atomic mass is 16.1. The van der Waals surface area contributed by atoms with Gasteiger partial charge in [-0.3, -0.25) is 4.79 Å². The van der Waals surface area contributed by atoms with Gasteiger partial charge in [-0.2, -0.15) is 0 Å². The second-order valence-electron chi connectivity index (χ2n) is 3.68. The Morgan fingerprint density at radius 2 is 2.06 bits per heavy atom. The molecule has 0 bridgehead atoms. The molecule has 0 aromatic heterocycles. The Bertz CT molecular complexity index is 690. The first-order valence-corrected chi connectivity index (χ1v) is 5.28. The first-order valence-electron chi connectivity index (χ1n) is 7.78. The van der Waals surface area contributed by atoms with E-state index < -0.39 is 17.9 Å². The molecule has 0 radical (unpaired) electrons. The van der Waals surface area contributed by atoms with Crippen LogP contribution in [0.25, 0.3) is 0 Å². The Morgan fingerprint density at radius 1 is 1.24 bits per heavy atom. The molecule has 2 heteroatoms. The Balaban J connectivity index is 2.33. The van der Waals surface area contributed by atoms with E-state index in [1.54, 1.807) is 0 Å². The van der Waals surface area contributed by atoms with E-state index >= 15 is 0 Å². The standard InChI is InChI=1S/C15H15NO/c16-14(11-12-7-3-1-4-8-12)15(17)13-9-5-2-6-10-13/h1-10,14H,11,16H2/t14-/m0/s1/i2D,5D,6D,9D/hD. The van der Waals surface area contributed by atoms with Crippen molar-refractivity contribution in [2.45, 2.75) is 12.5 Å². The third-order valence-electron chi connectivity index (χ3n) is 2.41. The summed E-state index contributed by atoms with van der Waals surface area (Å²) in [7, 11) is 0. The summed E-state index contributed by atoms with van der Waals surface area (Å²) in [5.74, 6) is -0.522. The zero-order chi connectivity index (χ0) is 16.3. The Morgan fingerprint density at radius 3 is 2.82 bits per heavy atom. The van der Waals surface area contributed by atoms with E-state index in [2.05, 4.69) is 5.73 Å². The highest BCUT2D eigenvalue weighted by molar-refractivity contribution is 6.00. The normalized spacial score (nSPS) is 16.1. The van der Waals surface area contributed by atoms with Crippen LogP contribution in [0, 0.1) is 0 Å².